The predicted octanol–water partition coefficient (Wildman–Crippen LogP) is 1.10. The number of hydrogen-bond donors (Lipinski definition) is 2. The lowest BCUT2D eigenvalue weighted by Gasteiger charge is -2.14. The normalized spacial score (nSPS) is 12.3. The summed E-state index contributed by atoms with van der Waals surface area (Å²) in [5, 5.41) is 12.8. The van der Waals surface area contributed by atoms with E-state index >= 15 is 0 Å². The minimum Gasteiger partial charge on any atom is -0.477 e. The molecule has 0 fully saturated rings. The van der Waals surface area contributed by atoms with E-state index in [-0.39, 0.29) is 6.04 Å². The molecule has 0 amide bonds. The lowest BCUT2D eigenvalue weighted by Crippen LogP contribution is -2.35. The number of carboxylic acids is 1. The Labute approximate surface area is 112 Å². The summed E-state index contributed by atoms with van der Waals surface area (Å²) >= 11 is 1.55. The smallest absolute Gasteiger partial charge is 0.342 e. The Morgan fingerprint density at radius 1 is 1.53 bits per heavy atom. The van der Waals surface area contributed by atoms with Crippen LogP contribution in [-0.2, 0) is 6.42 Å². The molecule has 0 saturated heterocycles. The molecule has 0 spiro atoms. The van der Waals surface area contributed by atoms with Crippen molar-refractivity contribution in [2.45, 2.75) is 19.4 Å². The van der Waals surface area contributed by atoms with Crippen LogP contribution in [-0.4, -0.2) is 20.6 Å². The van der Waals surface area contributed by atoms with E-state index in [0.29, 0.717) is 6.42 Å². The van der Waals surface area contributed by atoms with Gasteiger partial charge in [-0.15, -0.1) is 0 Å². The Morgan fingerprint density at radius 3 is 2.84 bits per heavy atom. The fourth-order valence-electron chi connectivity index (χ4n) is 1.81. The van der Waals surface area contributed by atoms with E-state index < -0.39 is 22.8 Å². The van der Waals surface area contributed by atoms with E-state index in [1.54, 1.807) is 18.3 Å². The van der Waals surface area contributed by atoms with Crippen molar-refractivity contribution in [2.24, 2.45) is 0 Å². The second kappa shape index (κ2) is 5.23. The maximum Gasteiger partial charge on any atom is 0.342 e. The number of aromatic nitrogens is 2. The number of carbonyl (C=O) groups is 1. The molecule has 0 aliphatic carbocycles. The zero-order chi connectivity index (χ0) is 14.0. The third-order valence-corrected chi connectivity index (χ3v) is 3.52. The second-order valence-corrected chi connectivity index (χ2v) is 4.98. The van der Waals surface area contributed by atoms with Gasteiger partial charge in [0.15, 0.2) is 0 Å². The SMILES string of the molecule is CC(Cc1ccsc1)n1cc(C(=O)O)c(=O)[nH]c1=O. The van der Waals surface area contributed by atoms with Gasteiger partial charge in [-0.1, -0.05) is 0 Å². The lowest BCUT2D eigenvalue weighted by molar-refractivity contribution is 0.0693. The monoisotopic (exact) mass is 280 g/mol. The minimum absolute atomic E-state index is 0.239. The molecule has 0 radical (unpaired) electrons. The first-order chi connectivity index (χ1) is 8.99. The number of nitrogens with one attached hydrogen (secondary N) is 1. The van der Waals surface area contributed by atoms with E-state index in [2.05, 4.69) is 0 Å². The molecule has 0 aliphatic rings. The first-order valence-electron chi connectivity index (χ1n) is 5.59. The molecular formula is C12H12N2O4S. The van der Waals surface area contributed by atoms with Crippen molar-refractivity contribution in [3.05, 3.63) is 55.0 Å². The van der Waals surface area contributed by atoms with Crippen LogP contribution < -0.4 is 11.2 Å². The number of rotatable bonds is 4. The summed E-state index contributed by atoms with van der Waals surface area (Å²) in [5.74, 6) is -1.35. The van der Waals surface area contributed by atoms with Crippen molar-refractivity contribution in [3.63, 3.8) is 0 Å². The molecule has 0 bridgehead atoms. The number of nitrogens with zero attached hydrogens (tertiary/aromatic N) is 1. The van der Waals surface area contributed by atoms with Crippen LogP contribution in [0.2, 0.25) is 0 Å². The summed E-state index contributed by atoms with van der Waals surface area (Å²) in [6.45, 7) is 1.79. The standard InChI is InChI=1S/C12H12N2O4S/c1-7(4-8-2-3-19-6-8)14-5-9(11(16)17)10(15)13-12(14)18/h2-3,5-7H,4H2,1H3,(H,16,17)(H,13,15,18). The van der Waals surface area contributed by atoms with Gasteiger partial charge in [-0.05, 0) is 35.7 Å². The van der Waals surface area contributed by atoms with Crippen molar-refractivity contribution in [1.29, 1.82) is 0 Å². The zero-order valence-electron chi connectivity index (χ0n) is 10.1. The van der Waals surface area contributed by atoms with Gasteiger partial charge in [-0.2, -0.15) is 11.3 Å². The van der Waals surface area contributed by atoms with E-state index in [4.69, 9.17) is 5.11 Å². The van der Waals surface area contributed by atoms with E-state index in [1.165, 1.54) is 4.57 Å². The van der Waals surface area contributed by atoms with Crippen LogP contribution in [0.5, 0.6) is 0 Å². The number of hydrogen-bond acceptors (Lipinski definition) is 4. The van der Waals surface area contributed by atoms with Gasteiger partial charge in [-0.3, -0.25) is 14.3 Å². The maximum absolute atomic E-state index is 11.7. The third-order valence-electron chi connectivity index (χ3n) is 2.78. The van der Waals surface area contributed by atoms with Gasteiger partial charge in [0.05, 0.1) is 0 Å². The van der Waals surface area contributed by atoms with Crippen molar-refractivity contribution in [1.82, 2.24) is 9.55 Å². The summed E-state index contributed by atoms with van der Waals surface area (Å²) in [5.41, 5.74) is -0.849. The Bertz CT molecular complexity index is 699. The molecule has 2 rings (SSSR count). The molecule has 0 saturated carbocycles. The molecular weight excluding hydrogens is 268 g/mol. The van der Waals surface area contributed by atoms with Crippen molar-refractivity contribution in [2.75, 3.05) is 0 Å². The fourth-order valence-corrected chi connectivity index (χ4v) is 2.49. The number of aromatic carboxylic acids is 1. The summed E-state index contributed by atoms with van der Waals surface area (Å²) in [6.07, 6.45) is 1.69. The highest BCUT2D eigenvalue weighted by atomic mass is 32.1. The van der Waals surface area contributed by atoms with Crippen LogP contribution in [0.25, 0.3) is 0 Å². The van der Waals surface area contributed by atoms with Gasteiger partial charge < -0.3 is 5.11 Å². The highest BCUT2D eigenvalue weighted by Gasteiger charge is 2.15. The van der Waals surface area contributed by atoms with Gasteiger partial charge in [0.1, 0.15) is 5.56 Å². The van der Waals surface area contributed by atoms with Gasteiger partial charge >= 0.3 is 11.7 Å². The van der Waals surface area contributed by atoms with Crippen molar-refractivity contribution < 1.29 is 9.90 Å². The van der Waals surface area contributed by atoms with Gasteiger partial charge in [0.25, 0.3) is 5.56 Å². The van der Waals surface area contributed by atoms with Crippen LogP contribution in [0.15, 0.2) is 32.6 Å². The van der Waals surface area contributed by atoms with E-state index in [9.17, 15) is 14.4 Å². The molecule has 2 aromatic heterocycles. The minimum atomic E-state index is -1.35. The van der Waals surface area contributed by atoms with Gasteiger partial charge in [0.2, 0.25) is 0 Å². The fraction of sp³-hybridized carbons (Fsp3) is 0.250. The van der Waals surface area contributed by atoms with Crippen LogP contribution in [0, 0.1) is 0 Å². The Morgan fingerprint density at radius 2 is 2.26 bits per heavy atom. The molecule has 6 nitrogen and oxygen atoms in total. The molecule has 0 aromatic carbocycles. The Kier molecular flexibility index (Phi) is 3.66. The summed E-state index contributed by atoms with van der Waals surface area (Å²) < 4.78 is 1.24. The molecule has 2 aromatic rings. The molecule has 19 heavy (non-hydrogen) atoms. The number of thiophene rings is 1. The molecule has 1 atom stereocenters. The summed E-state index contributed by atoms with van der Waals surface area (Å²) in [7, 11) is 0. The Hall–Kier alpha value is -2.15. The zero-order valence-corrected chi connectivity index (χ0v) is 10.9. The van der Waals surface area contributed by atoms with Crippen LogP contribution in [0.1, 0.15) is 28.9 Å². The molecule has 100 valence electrons. The molecule has 2 N–H and O–H groups in total. The number of H-pyrrole nitrogens is 1. The van der Waals surface area contributed by atoms with Crippen LogP contribution in [0.4, 0.5) is 0 Å². The topological polar surface area (TPSA) is 92.2 Å². The van der Waals surface area contributed by atoms with Gasteiger partial charge in [0, 0.05) is 12.2 Å². The molecule has 7 heteroatoms. The predicted molar refractivity (Wildman–Crippen MR) is 71.0 cm³/mol. The number of aromatic amines is 1. The lowest BCUT2D eigenvalue weighted by atomic mass is 10.1. The quantitative estimate of drug-likeness (QED) is 0.877. The van der Waals surface area contributed by atoms with Crippen molar-refractivity contribution in [3.8, 4) is 0 Å². The van der Waals surface area contributed by atoms with E-state index in [1.807, 2.05) is 21.8 Å². The van der Waals surface area contributed by atoms with E-state index in [0.717, 1.165) is 11.8 Å². The molecule has 0 aliphatic heterocycles. The van der Waals surface area contributed by atoms with Crippen LogP contribution >= 0.6 is 11.3 Å². The summed E-state index contributed by atoms with van der Waals surface area (Å²) in [6, 6.07) is 1.70. The third kappa shape index (κ3) is 2.82. The summed E-state index contributed by atoms with van der Waals surface area (Å²) in [4.78, 5) is 35.9. The average Bonchev–Trinajstić information content (AvgIpc) is 2.81. The molecule has 2 heterocycles. The first kappa shape index (κ1) is 13.3. The second-order valence-electron chi connectivity index (χ2n) is 4.20. The first-order valence-corrected chi connectivity index (χ1v) is 6.53. The Balaban J connectivity index is 2.39. The average molecular weight is 280 g/mol. The van der Waals surface area contributed by atoms with Crippen molar-refractivity contribution >= 4 is 17.3 Å². The van der Waals surface area contributed by atoms with Crippen LogP contribution in [0.3, 0.4) is 0 Å². The largest absolute Gasteiger partial charge is 0.477 e. The van der Waals surface area contributed by atoms with Gasteiger partial charge in [-0.25, -0.2) is 9.59 Å². The highest BCUT2D eigenvalue weighted by molar-refractivity contribution is 7.07. The number of carboxylic acid groups (broad SMARTS) is 1. The maximum atomic E-state index is 11.7. The molecule has 1 unspecified atom stereocenters. The highest BCUT2D eigenvalue weighted by Crippen LogP contribution is 2.14.